The number of Topliss-reactive ketones (excluding diaryl/α,β-unsaturated/α-hetero) is 1. The van der Waals surface area contributed by atoms with Crippen LogP contribution in [0.5, 0.6) is 0 Å². The number of anilines is 1. The second-order valence-electron chi connectivity index (χ2n) is 9.57. The molecule has 0 aromatic carbocycles. The number of nitrogens with one attached hydrogen (secondary N) is 1. The Morgan fingerprint density at radius 1 is 1.28 bits per heavy atom. The third-order valence-electron chi connectivity index (χ3n) is 7.62. The Balaban J connectivity index is 1.42. The highest BCUT2D eigenvalue weighted by molar-refractivity contribution is 6.00. The predicted molar refractivity (Wildman–Crippen MR) is 109 cm³/mol. The van der Waals surface area contributed by atoms with E-state index in [0.29, 0.717) is 35.8 Å². The number of fused-ring (bicyclic) bond motifs is 1. The average molecular weight is 390 g/mol. The summed E-state index contributed by atoms with van der Waals surface area (Å²) in [5.74, 6) is 1.30. The van der Waals surface area contributed by atoms with Crippen LogP contribution in [0.2, 0.25) is 0 Å². The largest absolute Gasteiger partial charge is 0.381 e. The number of ketones is 1. The number of primary amides is 1. The summed E-state index contributed by atoms with van der Waals surface area (Å²) in [4.78, 5) is 28.7. The predicted octanol–water partition coefficient (Wildman–Crippen LogP) is 3.23. The Hall–Kier alpha value is -2.68. The molecule has 4 fully saturated rings. The maximum Gasteiger partial charge on any atom is 0.252 e. The molecule has 4 saturated carbocycles. The fourth-order valence-electron chi connectivity index (χ4n) is 6.92. The van der Waals surface area contributed by atoms with E-state index in [0.717, 1.165) is 42.6 Å². The standard InChI is InChI=1S/C23H26N4O2/c24-5-4-16(28)11-23-8-13-6-14(9-23)20(15(7-13)10-23)27-21-17-2-1-3-19(17)26-12-18(21)22(25)29/h1-2,12-15,20H,3-4,6-11H2,(H2,25,29)(H,26,27). The molecule has 0 radical (unpaired) electrons. The maximum atomic E-state index is 12.2. The van der Waals surface area contributed by atoms with Crippen molar-refractivity contribution in [1.29, 1.82) is 5.26 Å². The fraction of sp³-hybridized carbons (Fsp3) is 0.565. The lowest BCUT2D eigenvalue weighted by Gasteiger charge is -2.60. The van der Waals surface area contributed by atoms with Gasteiger partial charge < -0.3 is 11.1 Å². The summed E-state index contributed by atoms with van der Waals surface area (Å²) in [6, 6.07) is 2.31. The summed E-state index contributed by atoms with van der Waals surface area (Å²) in [5.41, 5.74) is 9.01. The summed E-state index contributed by atoms with van der Waals surface area (Å²) in [7, 11) is 0. The van der Waals surface area contributed by atoms with Gasteiger partial charge in [0.1, 0.15) is 5.78 Å². The first-order valence-corrected chi connectivity index (χ1v) is 10.6. The molecule has 6 rings (SSSR count). The van der Waals surface area contributed by atoms with Crippen molar-refractivity contribution >= 4 is 23.5 Å². The lowest BCUT2D eigenvalue weighted by atomic mass is 9.47. The molecular formula is C23H26N4O2. The van der Waals surface area contributed by atoms with Crippen molar-refractivity contribution < 1.29 is 9.59 Å². The number of nitrogens with zero attached hydrogens (tertiary/aromatic N) is 2. The topological polar surface area (TPSA) is 109 Å². The van der Waals surface area contributed by atoms with E-state index >= 15 is 0 Å². The van der Waals surface area contributed by atoms with Crippen LogP contribution in [-0.2, 0) is 11.2 Å². The van der Waals surface area contributed by atoms with E-state index in [1.165, 1.54) is 12.8 Å². The minimum atomic E-state index is -0.453. The zero-order chi connectivity index (χ0) is 20.2. The maximum absolute atomic E-state index is 12.2. The van der Waals surface area contributed by atoms with Gasteiger partial charge in [-0.1, -0.05) is 12.2 Å². The Kier molecular flexibility index (Phi) is 4.23. The molecule has 5 aliphatic rings. The average Bonchev–Trinajstić information content (AvgIpc) is 3.12. The lowest BCUT2D eigenvalue weighted by Crippen LogP contribution is -2.56. The van der Waals surface area contributed by atoms with Crippen molar-refractivity contribution in [2.24, 2.45) is 28.9 Å². The molecule has 150 valence electrons. The monoisotopic (exact) mass is 390 g/mol. The first-order chi connectivity index (χ1) is 14.0. The van der Waals surface area contributed by atoms with Gasteiger partial charge in [-0.3, -0.25) is 14.6 Å². The molecule has 0 saturated heterocycles. The van der Waals surface area contributed by atoms with Crippen LogP contribution in [0, 0.1) is 34.5 Å². The molecule has 2 atom stereocenters. The number of nitriles is 1. The molecule has 0 spiro atoms. The third kappa shape index (κ3) is 3.04. The molecule has 3 N–H and O–H groups in total. The van der Waals surface area contributed by atoms with Crippen LogP contribution < -0.4 is 11.1 Å². The van der Waals surface area contributed by atoms with Gasteiger partial charge in [0.25, 0.3) is 5.91 Å². The summed E-state index contributed by atoms with van der Waals surface area (Å²) < 4.78 is 0. The van der Waals surface area contributed by atoms with Crippen LogP contribution in [0.3, 0.4) is 0 Å². The SMILES string of the molecule is N#CCC(=O)CC12CC3CC(C1)C(Nc1c(C(N)=O)cnc4c1C=CC4)C(C3)C2. The number of pyridine rings is 1. The van der Waals surface area contributed by atoms with Crippen molar-refractivity contribution in [3.63, 3.8) is 0 Å². The highest BCUT2D eigenvalue weighted by Gasteiger charge is 2.55. The molecule has 0 aliphatic heterocycles. The Bertz CT molecular complexity index is 944. The van der Waals surface area contributed by atoms with Gasteiger partial charge in [-0.25, -0.2) is 0 Å². The number of hydrogen-bond donors (Lipinski definition) is 2. The first-order valence-electron chi connectivity index (χ1n) is 10.6. The number of amides is 1. The molecule has 1 aromatic heterocycles. The van der Waals surface area contributed by atoms with Crippen molar-refractivity contribution in [2.45, 2.75) is 57.4 Å². The summed E-state index contributed by atoms with van der Waals surface area (Å²) in [5, 5.41) is 12.6. The van der Waals surface area contributed by atoms with Gasteiger partial charge in [0.15, 0.2) is 0 Å². The number of allylic oxidation sites excluding steroid dienone is 1. The van der Waals surface area contributed by atoms with E-state index in [9.17, 15) is 9.59 Å². The number of carbonyl (C=O) groups is 2. The summed E-state index contributed by atoms with van der Waals surface area (Å²) >= 11 is 0. The first kappa shape index (κ1) is 18.4. The third-order valence-corrected chi connectivity index (χ3v) is 7.62. The summed E-state index contributed by atoms with van der Waals surface area (Å²) in [6.07, 6.45) is 12.6. The van der Waals surface area contributed by atoms with Crippen LogP contribution in [0.4, 0.5) is 5.69 Å². The summed E-state index contributed by atoms with van der Waals surface area (Å²) in [6.45, 7) is 0. The van der Waals surface area contributed by atoms with Crippen molar-refractivity contribution in [3.05, 3.63) is 29.1 Å². The molecule has 6 nitrogen and oxygen atoms in total. The Morgan fingerprint density at radius 3 is 2.72 bits per heavy atom. The van der Waals surface area contributed by atoms with Crippen molar-refractivity contribution in [3.8, 4) is 6.07 Å². The van der Waals surface area contributed by atoms with Gasteiger partial charge in [0.2, 0.25) is 0 Å². The van der Waals surface area contributed by atoms with E-state index in [4.69, 9.17) is 11.0 Å². The fourth-order valence-corrected chi connectivity index (χ4v) is 6.92. The van der Waals surface area contributed by atoms with E-state index in [2.05, 4.69) is 16.4 Å². The van der Waals surface area contributed by atoms with E-state index in [1.807, 2.05) is 12.1 Å². The zero-order valence-electron chi connectivity index (χ0n) is 16.5. The quantitative estimate of drug-likeness (QED) is 0.775. The number of aromatic nitrogens is 1. The Morgan fingerprint density at radius 2 is 2.03 bits per heavy atom. The van der Waals surface area contributed by atoms with Crippen LogP contribution in [0.25, 0.3) is 6.08 Å². The molecule has 1 aromatic rings. The number of nitrogens with two attached hydrogens (primary N) is 1. The molecule has 1 heterocycles. The van der Waals surface area contributed by atoms with Gasteiger partial charge >= 0.3 is 0 Å². The van der Waals surface area contributed by atoms with Gasteiger partial charge in [0.05, 0.1) is 29.4 Å². The second kappa shape index (κ2) is 6.69. The van der Waals surface area contributed by atoms with E-state index in [-0.39, 0.29) is 17.6 Å². The molecule has 6 heteroatoms. The van der Waals surface area contributed by atoms with Gasteiger partial charge in [0, 0.05) is 30.6 Å². The zero-order valence-corrected chi connectivity index (χ0v) is 16.5. The van der Waals surface area contributed by atoms with Crippen LogP contribution >= 0.6 is 0 Å². The second-order valence-corrected chi connectivity index (χ2v) is 9.57. The smallest absolute Gasteiger partial charge is 0.252 e. The minimum absolute atomic E-state index is 0.0287. The normalized spacial score (nSPS) is 33.3. The van der Waals surface area contributed by atoms with Crippen LogP contribution in [0.15, 0.2) is 12.3 Å². The molecular weight excluding hydrogens is 364 g/mol. The van der Waals surface area contributed by atoms with E-state index in [1.54, 1.807) is 6.20 Å². The highest BCUT2D eigenvalue weighted by atomic mass is 16.1. The lowest BCUT2D eigenvalue weighted by molar-refractivity contribution is -0.127. The molecule has 4 bridgehead atoms. The molecule has 1 amide bonds. The van der Waals surface area contributed by atoms with Crippen LogP contribution in [-0.4, -0.2) is 22.7 Å². The molecule has 2 unspecified atom stereocenters. The Labute approximate surface area is 170 Å². The number of carbonyl (C=O) groups excluding carboxylic acids is 2. The van der Waals surface area contributed by atoms with Crippen molar-refractivity contribution in [1.82, 2.24) is 4.98 Å². The van der Waals surface area contributed by atoms with E-state index < -0.39 is 5.91 Å². The highest BCUT2D eigenvalue weighted by Crippen LogP contribution is 2.62. The van der Waals surface area contributed by atoms with Gasteiger partial charge in [-0.15, -0.1) is 0 Å². The minimum Gasteiger partial charge on any atom is -0.381 e. The van der Waals surface area contributed by atoms with Crippen molar-refractivity contribution in [2.75, 3.05) is 5.32 Å². The van der Waals surface area contributed by atoms with Gasteiger partial charge in [-0.05, 0) is 55.3 Å². The van der Waals surface area contributed by atoms with Gasteiger partial charge in [-0.2, -0.15) is 5.26 Å². The molecule has 5 aliphatic carbocycles. The molecule has 29 heavy (non-hydrogen) atoms. The van der Waals surface area contributed by atoms with Crippen LogP contribution in [0.1, 0.15) is 66.6 Å². The number of hydrogen-bond acceptors (Lipinski definition) is 5. The number of rotatable bonds is 6.